The van der Waals surface area contributed by atoms with Gasteiger partial charge in [-0.05, 0) is 54.4 Å². The van der Waals surface area contributed by atoms with Gasteiger partial charge in [-0.2, -0.15) is 10.2 Å². The van der Waals surface area contributed by atoms with E-state index in [1.165, 1.54) is 30.3 Å². The van der Waals surface area contributed by atoms with E-state index in [2.05, 4.69) is 20.4 Å². The van der Waals surface area contributed by atoms with Gasteiger partial charge in [0.05, 0.1) is 6.61 Å². The van der Waals surface area contributed by atoms with Crippen LogP contribution in [0, 0.1) is 11.6 Å². The minimum Gasteiger partial charge on any atom is -0.476 e. The van der Waals surface area contributed by atoms with Crippen LogP contribution in [0.1, 0.15) is 57.8 Å². The molecule has 0 bridgehead atoms. The molecule has 10 heteroatoms. The Labute approximate surface area is 201 Å². The van der Waals surface area contributed by atoms with Crippen molar-refractivity contribution in [3.8, 4) is 0 Å². The van der Waals surface area contributed by atoms with Crippen molar-refractivity contribution in [1.29, 1.82) is 0 Å². The number of carbonyl (C=O) groups is 2. The van der Waals surface area contributed by atoms with Crippen LogP contribution in [0.2, 0.25) is 0 Å². The molecule has 0 atom stereocenters. The van der Waals surface area contributed by atoms with Gasteiger partial charge in [-0.25, -0.2) is 18.4 Å². The summed E-state index contributed by atoms with van der Waals surface area (Å²) >= 11 is 0. The minimum atomic E-state index is -1.07. The molecule has 0 saturated heterocycles. The van der Waals surface area contributed by atoms with Gasteiger partial charge in [0.1, 0.15) is 11.6 Å². The average Bonchev–Trinajstić information content (AvgIpc) is 3.48. The first-order chi connectivity index (χ1) is 16.3. The molecule has 35 heavy (non-hydrogen) atoms. The number of aromatic carboxylic acids is 1. The molecule has 0 amide bonds. The Hall–Kier alpha value is -4.34. The molecule has 2 aromatic heterocycles. The van der Waals surface area contributed by atoms with Crippen LogP contribution in [0.3, 0.4) is 0 Å². The van der Waals surface area contributed by atoms with Gasteiger partial charge in [-0.1, -0.05) is 31.7 Å². The number of rotatable bonds is 7. The molecule has 0 aliphatic heterocycles. The zero-order chi connectivity index (χ0) is 24.5. The second-order valence-corrected chi connectivity index (χ2v) is 7.19. The Morgan fingerprint density at radius 3 is 1.66 bits per heavy atom. The molecule has 3 N–H and O–H groups in total. The number of esters is 1. The predicted molar refractivity (Wildman–Crippen MR) is 125 cm³/mol. The highest BCUT2D eigenvalue weighted by Gasteiger charge is 2.11. The SMILES string of the molecule is C.CCOC(=O)c1cc(Cc2ccc(F)cc2)[nH]n1.O=C(O)c1cc(Cc2ccc(F)cc2)[nH]n1. The normalized spacial score (nSPS) is 10.0. The first kappa shape index (κ1) is 26.9. The second-order valence-electron chi connectivity index (χ2n) is 7.19. The Morgan fingerprint density at radius 2 is 1.26 bits per heavy atom. The molecule has 2 aromatic carbocycles. The lowest BCUT2D eigenvalue weighted by atomic mass is 10.1. The maximum absolute atomic E-state index is 12.7. The lowest BCUT2D eigenvalue weighted by Crippen LogP contribution is -2.04. The fourth-order valence-corrected chi connectivity index (χ4v) is 2.97. The van der Waals surface area contributed by atoms with Crippen LogP contribution in [0.25, 0.3) is 0 Å². The predicted octanol–water partition coefficient (Wildman–Crippen LogP) is 4.79. The maximum Gasteiger partial charge on any atom is 0.358 e. The van der Waals surface area contributed by atoms with Gasteiger partial charge in [0.2, 0.25) is 0 Å². The zero-order valence-corrected chi connectivity index (χ0v) is 18.2. The fraction of sp³-hybridized carbons (Fsp3) is 0.200. The van der Waals surface area contributed by atoms with Crippen molar-refractivity contribution < 1.29 is 28.2 Å². The van der Waals surface area contributed by atoms with E-state index in [9.17, 15) is 18.4 Å². The largest absolute Gasteiger partial charge is 0.476 e. The molecule has 0 spiro atoms. The summed E-state index contributed by atoms with van der Waals surface area (Å²) < 4.78 is 30.2. The van der Waals surface area contributed by atoms with Crippen LogP contribution in [0.15, 0.2) is 60.7 Å². The molecule has 8 nitrogen and oxygen atoms in total. The van der Waals surface area contributed by atoms with Crippen LogP contribution in [0.5, 0.6) is 0 Å². The number of aromatic nitrogens is 4. The number of H-pyrrole nitrogens is 2. The summed E-state index contributed by atoms with van der Waals surface area (Å²) in [6.07, 6.45) is 1.06. The summed E-state index contributed by atoms with van der Waals surface area (Å²) in [5.41, 5.74) is 3.54. The van der Waals surface area contributed by atoms with E-state index in [0.29, 0.717) is 25.1 Å². The van der Waals surface area contributed by atoms with E-state index >= 15 is 0 Å². The Morgan fingerprint density at radius 1 is 0.829 bits per heavy atom. The number of nitrogens with one attached hydrogen (secondary N) is 2. The molecule has 0 aliphatic rings. The number of hydrogen-bond donors (Lipinski definition) is 3. The molecule has 0 saturated carbocycles. The highest BCUT2D eigenvalue weighted by molar-refractivity contribution is 5.87. The number of nitrogens with zero attached hydrogens (tertiary/aromatic N) is 2. The molecule has 0 unspecified atom stereocenters. The second kappa shape index (κ2) is 12.8. The summed E-state index contributed by atoms with van der Waals surface area (Å²) in [5, 5.41) is 21.6. The van der Waals surface area contributed by atoms with Crippen LogP contribution in [-0.4, -0.2) is 44.0 Å². The summed E-state index contributed by atoms with van der Waals surface area (Å²) in [6, 6.07) is 15.3. The molecule has 0 aliphatic carbocycles. The Balaban J connectivity index is 0.000000241. The van der Waals surface area contributed by atoms with Crippen molar-refractivity contribution >= 4 is 11.9 Å². The molecule has 4 aromatic rings. The van der Waals surface area contributed by atoms with Crippen LogP contribution < -0.4 is 0 Å². The van der Waals surface area contributed by atoms with E-state index in [-0.39, 0.29) is 30.4 Å². The standard InChI is InChI=1S/C13H13FN2O2.C11H9FN2O2.CH4/c1-2-18-13(17)12-8-11(15-16-12)7-9-3-5-10(14)6-4-9;12-8-3-1-7(2-4-8)5-9-6-10(11(15)16)14-13-9;/h3-6,8H,2,7H2,1H3,(H,15,16);1-4,6H,5H2,(H,13,14)(H,15,16);1H4. The monoisotopic (exact) mass is 484 g/mol. The van der Waals surface area contributed by atoms with Crippen LogP contribution in [0.4, 0.5) is 8.78 Å². The Bertz CT molecular complexity index is 1240. The smallest absolute Gasteiger partial charge is 0.358 e. The topological polar surface area (TPSA) is 121 Å². The first-order valence-corrected chi connectivity index (χ1v) is 10.3. The van der Waals surface area contributed by atoms with Crippen LogP contribution >= 0.6 is 0 Å². The van der Waals surface area contributed by atoms with Crippen molar-refractivity contribution in [2.24, 2.45) is 0 Å². The lowest BCUT2D eigenvalue weighted by Gasteiger charge is -1.97. The van der Waals surface area contributed by atoms with Crippen molar-refractivity contribution in [1.82, 2.24) is 20.4 Å². The number of hydrogen-bond acceptors (Lipinski definition) is 5. The van der Waals surface area contributed by atoms with Crippen molar-refractivity contribution in [2.75, 3.05) is 6.61 Å². The molecule has 4 rings (SSSR count). The van der Waals surface area contributed by atoms with Gasteiger partial charge < -0.3 is 9.84 Å². The zero-order valence-electron chi connectivity index (χ0n) is 18.2. The number of ether oxygens (including phenoxy) is 1. The molecular weight excluding hydrogens is 458 g/mol. The Kier molecular flexibility index (Phi) is 9.83. The highest BCUT2D eigenvalue weighted by atomic mass is 19.1. The lowest BCUT2D eigenvalue weighted by molar-refractivity contribution is 0.0519. The molecule has 0 fully saturated rings. The average molecular weight is 485 g/mol. The number of benzene rings is 2. The van der Waals surface area contributed by atoms with Crippen molar-refractivity contribution in [3.05, 3.63) is 106 Å². The van der Waals surface area contributed by atoms with Gasteiger partial charge >= 0.3 is 11.9 Å². The number of halogens is 2. The maximum atomic E-state index is 12.7. The summed E-state index contributed by atoms with van der Waals surface area (Å²) in [6.45, 7) is 2.06. The number of carboxylic acids is 1. The third kappa shape index (κ3) is 8.18. The molecular formula is C25H26F2N4O4. The third-order valence-corrected chi connectivity index (χ3v) is 4.58. The van der Waals surface area contributed by atoms with Crippen molar-refractivity contribution in [3.63, 3.8) is 0 Å². The van der Waals surface area contributed by atoms with Gasteiger partial charge in [0, 0.05) is 24.2 Å². The fourth-order valence-electron chi connectivity index (χ4n) is 2.97. The summed E-state index contributed by atoms with van der Waals surface area (Å²) in [7, 11) is 0. The quantitative estimate of drug-likeness (QED) is 0.324. The summed E-state index contributed by atoms with van der Waals surface area (Å²) in [5.74, 6) is -2.07. The molecule has 0 radical (unpaired) electrons. The molecule has 2 heterocycles. The van der Waals surface area contributed by atoms with Gasteiger partial charge in [0.25, 0.3) is 0 Å². The van der Waals surface area contributed by atoms with E-state index in [0.717, 1.165) is 16.8 Å². The van der Waals surface area contributed by atoms with E-state index in [4.69, 9.17) is 9.84 Å². The third-order valence-electron chi connectivity index (χ3n) is 4.58. The van der Waals surface area contributed by atoms with Crippen LogP contribution in [-0.2, 0) is 17.6 Å². The number of carboxylic acid groups (broad SMARTS) is 1. The highest BCUT2D eigenvalue weighted by Crippen LogP contribution is 2.11. The molecule has 184 valence electrons. The van der Waals surface area contributed by atoms with Gasteiger partial charge in [-0.3, -0.25) is 10.2 Å². The minimum absolute atomic E-state index is 0. The number of carbonyl (C=O) groups excluding carboxylic acids is 1. The van der Waals surface area contributed by atoms with Gasteiger partial charge in [0.15, 0.2) is 11.4 Å². The van der Waals surface area contributed by atoms with Crippen molar-refractivity contribution in [2.45, 2.75) is 27.2 Å². The van der Waals surface area contributed by atoms with E-state index in [1.807, 2.05) is 0 Å². The summed E-state index contributed by atoms with van der Waals surface area (Å²) in [4.78, 5) is 22.0. The van der Waals surface area contributed by atoms with Gasteiger partial charge in [-0.15, -0.1) is 0 Å². The first-order valence-electron chi connectivity index (χ1n) is 10.3. The van der Waals surface area contributed by atoms with E-state index in [1.54, 1.807) is 37.3 Å². The van der Waals surface area contributed by atoms with E-state index < -0.39 is 11.9 Å². The number of aromatic amines is 2.